The summed E-state index contributed by atoms with van der Waals surface area (Å²) in [4.78, 5) is 37.3. The molecule has 6 heteroatoms. The number of hydrogen-bond donors (Lipinski definition) is 0. The first-order valence-electron chi connectivity index (χ1n) is 8.30. The number of allylic oxidation sites excluding steroid dienone is 2. The number of carbonyl (C=O) groups excluding carboxylic acids is 2. The average molecular weight is 324 g/mol. The third-order valence-corrected chi connectivity index (χ3v) is 6.43. The normalized spacial score (nSPS) is 34.2. The van der Waals surface area contributed by atoms with Crippen LogP contribution in [0.4, 0.5) is 5.69 Å². The molecular weight excluding hydrogens is 308 g/mol. The fourth-order valence-electron chi connectivity index (χ4n) is 5.20. The molecular formula is C18H16N2O4. The van der Waals surface area contributed by atoms with E-state index < -0.39 is 4.92 Å². The summed E-state index contributed by atoms with van der Waals surface area (Å²) in [5.74, 6) is -0.0457. The average Bonchev–Trinajstić information content (AvgIpc) is 3.18. The molecule has 1 aliphatic heterocycles. The van der Waals surface area contributed by atoms with Gasteiger partial charge in [0.25, 0.3) is 5.69 Å². The summed E-state index contributed by atoms with van der Waals surface area (Å²) in [5, 5.41) is 10.7. The summed E-state index contributed by atoms with van der Waals surface area (Å²) in [6.07, 6.45) is 6.56. The van der Waals surface area contributed by atoms with Crippen molar-refractivity contribution in [2.45, 2.75) is 19.4 Å². The van der Waals surface area contributed by atoms with Crippen molar-refractivity contribution in [2.24, 2.45) is 29.1 Å². The molecule has 3 aliphatic carbocycles. The lowest BCUT2D eigenvalue weighted by atomic mass is 9.85. The summed E-state index contributed by atoms with van der Waals surface area (Å²) in [7, 11) is 0. The number of nitro groups is 1. The second kappa shape index (κ2) is 4.32. The van der Waals surface area contributed by atoms with Crippen molar-refractivity contribution in [3.63, 3.8) is 0 Å². The number of imide groups is 1. The molecule has 122 valence electrons. The summed E-state index contributed by atoms with van der Waals surface area (Å²) < 4.78 is 0. The highest BCUT2D eigenvalue weighted by molar-refractivity contribution is 6.06. The number of benzene rings is 1. The summed E-state index contributed by atoms with van der Waals surface area (Å²) in [6.45, 7) is 0.203. The van der Waals surface area contributed by atoms with Crippen molar-refractivity contribution in [1.29, 1.82) is 0 Å². The number of fused-ring (bicyclic) bond motifs is 3. The zero-order valence-corrected chi connectivity index (χ0v) is 12.9. The number of amides is 2. The maximum atomic E-state index is 12.8. The predicted molar refractivity (Wildman–Crippen MR) is 83.4 cm³/mol. The van der Waals surface area contributed by atoms with Crippen LogP contribution >= 0.6 is 0 Å². The minimum atomic E-state index is -0.460. The van der Waals surface area contributed by atoms with Crippen LogP contribution in [0.15, 0.2) is 36.4 Å². The second-order valence-electron chi connectivity index (χ2n) is 7.41. The van der Waals surface area contributed by atoms with Crippen molar-refractivity contribution in [3.05, 3.63) is 52.1 Å². The van der Waals surface area contributed by atoms with Gasteiger partial charge in [-0.25, -0.2) is 0 Å². The molecule has 1 aromatic carbocycles. The molecule has 24 heavy (non-hydrogen) atoms. The van der Waals surface area contributed by atoms with Crippen LogP contribution < -0.4 is 0 Å². The lowest BCUT2D eigenvalue weighted by Crippen LogP contribution is -2.34. The fraction of sp³-hybridized carbons (Fsp3) is 0.444. The van der Waals surface area contributed by atoms with Crippen molar-refractivity contribution in [1.82, 2.24) is 4.90 Å². The van der Waals surface area contributed by atoms with E-state index in [2.05, 4.69) is 12.2 Å². The highest BCUT2D eigenvalue weighted by atomic mass is 16.6. The SMILES string of the molecule is O=C1[C@H]2[C@H](C(=O)N1Cc1ccc([N+](=O)[O-])cc1)[C@H]1C=C[C@H]2C12CC2. The van der Waals surface area contributed by atoms with E-state index in [-0.39, 0.29) is 53.1 Å². The Morgan fingerprint density at radius 3 is 2.04 bits per heavy atom. The smallest absolute Gasteiger partial charge is 0.269 e. The van der Waals surface area contributed by atoms with Crippen LogP contribution in [0.1, 0.15) is 18.4 Å². The Bertz CT molecular complexity index is 775. The first kappa shape index (κ1) is 13.9. The first-order chi connectivity index (χ1) is 11.5. The zero-order valence-electron chi connectivity index (χ0n) is 12.9. The van der Waals surface area contributed by atoms with Gasteiger partial charge >= 0.3 is 0 Å². The largest absolute Gasteiger partial charge is 0.278 e. The van der Waals surface area contributed by atoms with Gasteiger partial charge in [-0.1, -0.05) is 24.3 Å². The van der Waals surface area contributed by atoms with Gasteiger partial charge in [0.2, 0.25) is 11.8 Å². The van der Waals surface area contributed by atoms with Crippen molar-refractivity contribution >= 4 is 17.5 Å². The minimum absolute atomic E-state index is 0.00705. The number of nitro benzene ring substituents is 1. The lowest BCUT2D eigenvalue weighted by molar-refractivity contribution is -0.384. The Hall–Kier alpha value is -2.50. The van der Waals surface area contributed by atoms with E-state index >= 15 is 0 Å². The number of nitrogens with zero attached hydrogens (tertiary/aromatic N) is 2. The number of likely N-dealkylation sites (tertiary alicyclic amines) is 1. The van der Waals surface area contributed by atoms with E-state index in [1.165, 1.54) is 17.0 Å². The maximum absolute atomic E-state index is 12.8. The Kier molecular flexibility index (Phi) is 2.50. The van der Waals surface area contributed by atoms with E-state index in [9.17, 15) is 19.7 Å². The zero-order chi connectivity index (χ0) is 16.6. The molecule has 4 atom stereocenters. The van der Waals surface area contributed by atoms with Crippen molar-refractivity contribution in [2.75, 3.05) is 0 Å². The lowest BCUT2D eigenvalue weighted by Gasteiger charge is -2.21. The van der Waals surface area contributed by atoms with Crippen molar-refractivity contribution < 1.29 is 14.5 Å². The van der Waals surface area contributed by atoms with Crippen LogP contribution in [-0.4, -0.2) is 21.6 Å². The Morgan fingerprint density at radius 2 is 1.58 bits per heavy atom. The van der Waals surface area contributed by atoms with E-state index in [0.29, 0.717) is 0 Å². The Balaban J connectivity index is 1.40. The van der Waals surface area contributed by atoms with Gasteiger partial charge in [0.15, 0.2) is 0 Å². The third-order valence-electron chi connectivity index (χ3n) is 6.43. The Labute approximate surface area is 138 Å². The van der Waals surface area contributed by atoms with E-state index in [1.807, 2.05) is 0 Å². The molecule has 0 aromatic heterocycles. The van der Waals surface area contributed by atoms with Crippen molar-refractivity contribution in [3.8, 4) is 0 Å². The Morgan fingerprint density at radius 1 is 1.04 bits per heavy atom. The molecule has 4 aliphatic rings. The standard InChI is InChI=1S/C18H16N2O4/c21-16-14-12-5-6-13(18(12)7-8-18)15(14)17(22)19(16)9-10-1-3-11(4-2-10)20(23)24/h1-6,12-15H,7-9H2/t12-,13-,14-,15-/m1/s1. The number of rotatable bonds is 3. The molecule has 1 heterocycles. The van der Waals surface area contributed by atoms with E-state index in [1.54, 1.807) is 12.1 Å². The van der Waals surface area contributed by atoms with Crippen LogP contribution in [0, 0.1) is 39.2 Å². The maximum Gasteiger partial charge on any atom is 0.269 e. The first-order valence-corrected chi connectivity index (χ1v) is 8.30. The molecule has 2 saturated carbocycles. The highest BCUT2D eigenvalue weighted by Gasteiger charge is 2.73. The predicted octanol–water partition coefficient (Wildman–Crippen LogP) is 2.29. The van der Waals surface area contributed by atoms with E-state index in [4.69, 9.17) is 0 Å². The molecule has 5 rings (SSSR count). The molecule has 1 spiro atoms. The number of non-ortho nitro benzene ring substituents is 1. The van der Waals surface area contributed by atoms with Gasteiger partial charge in [-0.15, -0.1) is 0 Å². The molecule has 1 aromatic rings. The fourth-order valence-corrected chi connectivity index (χ4v) is 5.20. The van der Waals surface area contributed by atoms with Gasteiger partial charge < -0.3 is 0 Å². The van der Waals surface area contributed by atoms with Gasteiger partial charge in [0.05, 0.1) is 23.3 Å². The van der Waals surface area contributed by atoms with Gasteiger partial charge in [0.1, 0.15) is 0 Å². The molecule has 0 unspecified atom stereocenters. The molecule has 2 bridgehead atoms. The van der Waals surface area contributed by atoms with Gasteiger partial charge in [-0.05, 0) is 35.7 Å². The highest BCUT2D eigenvalue weighted by Crippen LogP contribution is 2.73. The number of carbonyl (C=O) groups is 2. The summed E-state index contributed by atoms with van der Waals surface area (Å²) in [6, 6.07) is 6.04. The van der Waals surface area contributed by atoms with Crippen LogP contribution in [0.25, 0.3) is 0 Å². The molecule has 3 fully saturated rings. The van der Waals surface area contributed by atoms with Crippen LogP contribution in [0.3, 0.4) is 0 Å². The topological polar surface area (TPSA) is 80.5 Å². The van der Waals surface area contributed by atoms with Gasteiger partial charge in [-0.2, -0.15) is 0 Å². The minimum Gasteiger partial charge on any atom is -0.278 e. The van der Waals surface area contributed by atoms with Crippen LogP contribution in [-0.2, 0) is 16.1 Å². The number of hydrogen-bond acceptors (Lipinski definition) is 4. The molecule has 1 saturated heterocycles. The summed E-state index contributed by atoms with van der Waals surface area (Å²) >= 11 is 0. The monoisotopic (exact) mass is 324 g/mol. The van der Waals surface area contributed by atoms with Crippen LogP contribution in [0.2, 0.25) is 0 Å². The van der Waals surface area contributed by atoms with Crippen LogP contribution in [0.5, 0.6) is 0 Å². The summed E-state index contributed by atoms with van der Waals surface area (Å²) in [5.41, 5.74) is 0.955. The van der Waals surface area contributed by atoms with Gasteiger partial charge in [-0.3, -0.25) is 24.6 Å². The quantitative estimate of drug-likeness (QED) is 0.370. The molecule has 0 radical (unpaired) electrons. The van der Waals surface area contributed by atoms with E-state index in [0.717, 1.165) is 18.4 Å². The molecule has 0 N–H and O–H groups in total. The molecule has 6 nitrogen and oxygen atoms in total. The third kappa shape index (κ3) is 1.56. The molecule has 2 amide bonds. The second-order valence-corrected chi connectivity index (χ2v) is 7.41. The van der Waals surface area contributed by atoms with Gasteiger partial charge in [0, 0.05) is 12.1 Å².